The van der Waals surface area contributed by atoms with Gasteiger partial charge in [0.25, 0.3) is 0 Å². The number of aromatic nitrogens is 2. The molecule has 0 fully saturated rings. The minimum atomic E-state index is 0.143. The maximum absolute atomic E-state index is 12.5. The molecule has 1 N–H and O–H groups in total. The summed E-state index contributed by atoms with van der Waals surface area (Å²) in [6.45, 7) is 4.80. The summed E-state index contributed by atoms with van der Waals surface area (Å²) in [5.41, 5.74) is 3.36. The van der Waals surface area contributed by atoms with Gasteiger partial charge in [0.05, 0.1) is 5.75 Å². The van der Waals surface area contributed by atoms with Gasteiger partial charge in [-0.1, -0.05) is 41.3 Å². The molecule has 132 valence electrons. The highest BCUT2D eigenvalue weighted by atomic mass is 32.2. The van der Waals surface area contributed by atoms with Crippen LogP contribution in [-0.4, -0.2) is 33.3 Å². The zero-order chi connectivity index (χ0) is 17.6. The highest BCUT2D eigenvalue weighted by Gasteiger charge is 2.19. The van der Waals surface area contributed by atoms with Gasteiger partial charge in [-0.3, -0.25) is 4.79 Å². The fraction of sp³-hybridized carbons (Fsp3) is 0.389. The molecule has 1 aromatic heterocycles. The lowest BCUT2D eigenvalue weighted by molar-refractivity contribution is -0.126. The Kier molecular flexibility index (Phi) is 6.09. The quantitative estimate of drug-likeness (QED) is 0.718. The lowest BCUT2D eigenvalue weighted by Crippen LogP contribution is -2.31. The average molecular weight is 375 g/mol. The van der Waals surface area contributed by atoms with Gasteiger partial charge in [0.1, 0.15) is 0 Å². The summed E-state index contributed by atoms with van der Waals surface area (Å²) < 4.78 is 0.806. The fourth-order valence-corrected chi connectivity index (χ4v) is 4.45. The van der Waals surface area contributed by atoms with Crippen molar-refractivity contribution in [2.75, 3.05) is 17.6 Å². The number of carbonyl (C=O) groups excluding carboxylic acids is 1. The number of carbonyl (C=O) groups is 1. The number of benzene rings is 1. The van der Waals surface area contributed by atoms with Crippen molar-refractivity contribution >= 4 is 39.8 Å². The molecule has 25 heavy (non-hydrogen) atoms. The summed E-state index contributed by atoms with van der Waals surface area (Å²) in [6.07, 6.45) is 5.42. The van der Waals surface area contributed by atoms with Crippen LogP contribution in [-0.2, 0) is 4.79 Å². The molecule has 0 spiro atoms. The van der Waals surface area contributed by atoms with E-state index in [1.165, 1.54) is 34.4 Å². The van der Waals surface area contributed by atoms with E-state index in [1.807, 2.05) is 24.0 Å². The molecule has 1 aromatic carbocycles. The van der Waals surface area contributed by atoms with Gasteiger partial charge in [-0.05, 0) is 50.8 Å². The first-order chi connectivity index (χ1) is 12.2. The second-order valence-corrected chi connectivity index (χ2v) is 8.08. The van der Waals surface area contributed by atoms with Crippen LogP contribution < -0.4 is 5.32 Å². The fourth-order valence-electron chi connectivity index (χ4n) is 2.80. The van der Waals surface area contributed by atoms with E-state index in [0.29, 0.717) is 5.75 Å². The number of nitrogens with one attached hydrogen (secondary N) is 1. The Morgan fingerprint density at radius 1 is 1.40 bits per heavy atom. The number of anilines is 2. The van der Waals surface area contributed by atoms with Crippen molar-refractivity contribution in [2.45, 2.75) is 37.4 Å². The zero-order valence-corrected chi connectivity index (χ0v) is 16.1. The number of thioether (sulfide) groups is 1. The molecule has 0 atom stereocenters. The summed E-state index contributed by atoms with van der Waals surface area (Å²) in [4.78, 5) is 14.4. The minimum absolute atomic E-state index is 0.143. The maximum atomic E-state index is 12.5. The van der Waals surface area contributed by atoms with Gasteiger partial charge >= 0.3 is 0 Å². The summed E-state index contributed by atoms with van der Waals surface area (Å²) in [5.74, 6) is 0.536. The number of aryl methyl sites for hydroxylation is 1. The molecular formula is C18H22N4OS2. The van der Waals surface area contributed by atoms with Crippen LogP contribution >= 0.6 is 23.1 Å². The van der Waals surface area contributed by atoms with Crippen LogP contribution in [0.25, 0.3) is 0 Å². The lowest BCUT2D eigenvalue weighted by Gasteiger charge is -2.21. The third-order valence-electron chi connectivity index (χ3n) is 3.98. The van der Waals surface area contributed by atoms with E-state index in [0.717, 1.165) is 41.0 Å². The SMILES string of the molecule is CCN(C(=O)CSc1nnc(Nc2cccc(C)c2)s1)C1=CCCC1. The van der Waals surface area contributed by atoms with E-state index < -0.39 is 0 Å². The van der Waals surface area contributed by atoms with Crippen LogP contribution in [0.2, 0.25) is 0 Å². The van der Waals surface area contributed by atoms with Crippen LogP contribution in [0, 0.1) is 6.92 Å². The Morgan fingerprint density at radius 2 is 2.28 bits per heavy atom. The van der Waals surface area contributed by atoms with Gasteiger partial charge in [-0.15, -0.1) is 10.2 Å². The number of nitrogens with zero attached hydrogens (tertiary/aromatic N) is 3. The number of amides is 1. The Bertz CT molecular complexity index is 772. The molecule has 1 aliphatic rings. The van der Waals surface area contributed by atoms with Crippen molar-refractivity contribution in [3.05, 3.63) is 41.6 Å². The molecule has 0 unspecified atom stereocenters. The van der Waals surface area contributed by atoms with Gasteiger partial charge in [-0.25, -0.2) is 0 Å². The monoisotopic (exact) mass is 374 g/mol. The first-order valence-electron chi connectivity index (χ1n) is 8.45. The van der Waals surface area contributed by atoms with Gasteiger partial charge < -0.3 is 10.2 Å². The normalized spacial score (nSPS) is 13.6. The van der Waals surface area contributed by atoms with Crippen LogP contribution in [0.3, 0.4) is 0 Å². The molecule has 5 nitrogen and oxygen atoms in total. The van der Waals surface area contributed by atoms with Crippen molar-refractivity contribution in [2.24, 2.45) is 0 Å². The van der Waals surface area contributed by atoms with Gasteiger partial charge in [0.2, 0.25) is 11.0 Å². The van der Waals surface area contributed by atoms with Crippen LogP contribution in [0.5, 0.6) is 0 Å². The van der Waals surface area contributed by atoms with E-state index in [9.17, 15) is 4.79 Å². The van der Waals surface area contributed by atoms with Crippen molar-refractivity contribution < 1.29 is 4.79 Å². The largest absolute Gasteiger partial charge is 0.330 e. The third-order valence-corrected chi connectivity index (χ3v) is 5.93. The molecule has 0 aliphatic heterocycles. The van der Waals surface area contributed by atoms with Crippen molar-refractivity contribution in [1.29, 1.82) is 0 Å². The first-order valence-corrected chi connectivity index (χ1v) is 10.3. The summed E-state index contributed by atoms with van der Waals surface area (Å²) >= 11 is 2.92. The van der Waals surface area contributed by atoms with E-state index in [2.05, 4.69) is 40.6 Å². The predicted octanol–water partition coefficient (Wildman–Crippen LogP) is 4.60. The van der Waals surface area contributed by atoms with E-state index in [-0.39, 0.29) is 5.91 Å². The number of hydrogen-bond acceptors (Lipinski definition) is 6. The zero-order valence-electron chi connectivity index (χ0n) is 14.5. The Labute approximate surface area is 156 Å². The molecule has 0 radical (unpaired) electrons. The number of hydrogen-bond donors (Lipinski definition) is 1. The topological polar surface area (TPSA) is 58.1 Å². The number of rotatable bonds is 7. The minimum Gasteiger partial charge on any atom is -0.330 e. The molecule has 2 aromatic rings. The van der Waals surface area contributed by atoms with Gasteiger partial charge in [0.15, 0.2) is 4.34 Å². The molecule has 3 rings (SSSR count). The lowest BCUT2D eigenvalue weighted by atomic mass is 10.2. The van der Waals surface area contributed by atoms with Gasteiger partial charge in [-0.2, -0.15) is 0 Å². The van der Waals surface area contributed by atoms with Crippen molar-refractivity contribution in [1.82, 2.24) is 15.1 Å². The van der Waals surface area contributed by atoms with Gasteiger partial charge in [0, 0.05) is 17.9 Å². The number of allylic oxidation sites excluding steroid dienone is 2. The predicted molar refractivity (Wildman–Crippen MR) is 104 cm³/mol. The van der Waals surface area contributed by atoms with E-state index in [4.69, 9.17) is 0 Å². The summed E-state index contributed by atoms with van der Waals surface area (Å²) in [6, 6.07) is 8.12. The van der Waals surface area contributed by atoms with E-state index >= 15 is 0 Å². The second kappa shape index (κ2) is 8.49. The van der Waals surface area contributed by atoms with E-state index in [1.54, 1.807) is 0 Å². The Hall–Kier alpha value is -1.86. The Morgan fingerprint density at radius 3 is 3.00 bits per heavy atom. The molecule has 0 bridgehead atoms. The molecule has 1 heterocycles. The van der Waals surface area contributed by atoms with Crippen LogP contribution in [0.1, 0.15) is 31.7 Å². The highest BCUT2D eigenvalue weighted by Crippen LogP contribution is 2.29. The average Bonchev–Trinajstić information content (AvgIpc) is 3.26. The van der Waals surface area contributed by atoms with Crippen LogP contribution in [0.4, 0.5) is 10.8 Å². The molecule has 0 saturated carbocycles. The molecule has 1 amide bonds. The molecular weight excluding hydrogens is 352 g/mol. The third kappa shape index (κ3) is 4.83. The first kappa shape index (κ1) is 17.9. The van der Waals surface area contributed by atoms with Crippen molar-refractivity contribution in [3.8, 4) is 0 Å². The van der Waals surface area contributed by atoms with Crippen molar-refractivity contribution in [3.63, 3.8) is 0 Å². The van der Waals surface area contributed by atoms with Crippen LogP contribution in [0.15, 0.2) is 40.4 Å². The highest BCUT2D eigenvalue weighted by molar-refractivity contribution is 8.01. The molecule has 7 heteroatoms. The maximum Gasteiger partial charge on any atom is 0.237 e. The summed E-state index contributed by atoms with van der Waals surface area (Å²) in [7, 11) is 0. The molecule has 0 saturated heterocycles. The molecule has 1 aliphatic carbocycles. The second-order valence-electron chi connectivity index (χ2n) is 5.88. The smallest absolute Gasteiger partial charge is 0.237 e. The summed E-state index contributed by atoms with van der Waals surface area (Å²) in [5, 5.41) is 12.3. The standard InChI is InChI=1S/C18H22N4OS2/c1-3-22(15-9-4-5-10-15)16(23)12-24-18-21-20-17(25-18)19-14-8-6-7-13(2)11-14/h6-9,11H,3-5,10,12H2,1-2H3,(H,19,20). The Balaban J connectivity index is 1.55.